The highest BCUT2D eigenvalue weighted by Crippen LogP contribution is 2.35. The number of alkyl halides is 3. The molecule has 43 heavy (non-hydrogen) atoms. The van der Waals surface area contributed by atoms with Crippen LogP contribution in [0.2, 0.25) is 10.0 Å². The summed E-state index contributed by atoms with van der Waals surface area (Å²) >= 11 is 12.0. The lowest BCUT2D eigenvalue weighted by Crippen LogP contribution is -2.45. The Hall–Kier alpha value is -3.32. The lowest BCUT2D eigenvalue weighted by molar-refractivity contribution is -0.146. The van der Waals surface area contributed by atoms with Gasteiger partial charge < -0.3 is 14.6 Å². The second-order valence-electron chi connectivity index (χ2n) is 9.27. The van der Waals surface area contributed by atoms with Crippen molar-refractivity contribution in [1.82, 2.24) is 0 Å². The van der Waals surface area contributed by atoms with Gasteiger partial charge in [-0.25, -0.2) is 0 Å². The number of phenols is 1. The molecule has 0 saturated heterocycles. The van der Waals surface area contributed by atoms with Gasteiger partial charge in [0.25, 0.3) is 0 Å². The Balaban J connectivity index is 0.000000248. The molecule has 0 aliphatic heterocycles. The van der Waals surface area contributed by atoms with Crippen molar-refractivity contribution < 1.29 is 49.9 Å². The largest absolute Gasteiger partial charge is 0.523 e. The van der Waals surface area contributed by atoms with Gasteiger partial charge in [0.05, 0.1) is 26.1 Å². The number of benzene rings is 3. The molecule has 0 aromatic heterocycles. The van der Waals surface area contributed by atoms with Gasteiger partial charge >= 0.3 is 27.6 Å². The average molecular weight is 663 g/mol. The van der Waals surface area contributed by atoms with Gasteiger partial charge in [-0.05, 0) is 77.0 Å². The van der Waals surface area contributed by atoms with E-state index in [1.54, 1.807) is 43.3 Å². The molecular weight excluding hydrogens is 636 g/mol. The van der Waals surface area contributed by atoms with Gasteiger partial charge in [-0.1, -0.05) is 47.5 Å². The fourth-order valence-electron chi connectivity index (χ4n) is 4.29. The maximum Gasteiger partial charge on any atom is 0.523 e. The van der Waals surface area contributed by atoms with Gasteiger partial charge in [-0.3, -0.25) is 13.8 Å². The minimum absolute atomic E-state index is 0.00688. The van der Waals surface area contributed by atoms with E-state index in [0.29, 0.717) is 32.7 Å². The molecule has 0 amide bonds. The van der Waals surface area contributed by atoms with Crippen LogP contribution in [0.3, 0.4) is 0 Å². The monoisotopic (exact) mass is 662 g/mol. The fraction of sp³-hybridized carbons (Fsp3) is 0.310. The molecule has 0 radical (unpaired) electrons. The van der Waals surface area contributed by atoms with Crippen LogP contribution in [0.25, 0.3) is 22.9 Å². The second kappa shape index (κ2) is 14.0. The first-order valence-corrected chi connectivity index (χ1v) is 15.0. The number of phenolic OH excluding ortho intramolecular Hbond substituents is 1. The van der Waals surface area contributed by atoms with E-state index < -0.39 is 33.6 Å². The fourth-order valence-corrected chi connectivity index (χ4v) is 5.41. The molecule has 3 aromatic rings. The highest BCUT2D eigenvalue weighted by atomic mass is 35.5. The minimum atomic E-state index is -5.92. The van der Waals surface area contributed by atoms with Crippen molar-refractivity contribution in [1.29, 1.82) is 0 Å². The number of esters is 2. The van der Waals surface area contributed by atoms with Crippen molar-refractivity contribution in [2.24, 2.45) is 0 Å². The van der Waals surface area contributed by atoms with Crippen molar-refractivity contribution in [3.8, 4) is 5.75 Å². The van der Waals surface area contributed by atoms with Crippen LogP contribution in [-0.2, 0) is 39.8 Å². The molecule has 1 aliphatic rings. The Morgan fingerprint density at radius 1 is 0.953 bits per heavy atom. The zero-order valence-electron chi connectivity index (χ0n) is 22.9. The van der Waals surface area contributed by atoms with Gasteiger partial charge in [0.15, 0.2) is 0 Å². The summed E-state index contributed by atoms with van der Waals surface area (Å²) in [5.74, 6) is -1.06. The maximum atomic E-state index is 12.7. The standard InChI is InChI=1S/C15H14ClF3O5S.C14H13ClO3/c1-2-23-13(20)9-14(24-25(21,22)15(17,18)19)6-5-10-3-4-12(16)7-11(10)8-14;1-2-18-14(17)8-12-11-7-10(16)5-3-9(11)4-6-13(12)15/h3-5,7-8H,2,6,9H2,1H3;3-7,16H,2,8H2,1H3. The lowest BCUT2D eigenvalue weighted by Gasteiger charge is -2.30. The molecule has 1 atom stereocenters. The van der Waals surface area contributed by atoms with E-state index in [1.807, 2.05) is 6.07 Å². The highest BCUT2D eigenvalue weighted by molar-refractivity contribution is 7.87. The zero-order chi connectivity index (χ0) is 32.0. The van der Waals surface area contributed by atoms with Gasteiger partial charge in [-0.2, -0.15) is 21.6 Å². The first kappa shape index (κ1) is 34.2. The Bertz CT molecular complexity index is 1740. The molecular formula is C29H27Cl2F3O8S. The van der Waals surface area contributed by atoms with E-state index in [-0.39, 0.29) is 31.2 Å². The van der Waals surface area contributed by atoms with Crippen LogP contribution in [0, 0.1) is 0 Å². The van der Waals surface area contributed by atoms with E-state index in [9.17, 15) is 36.3 Å². The summed E-state index contributed by atoms with van der Waals surface area (Å²) in [7, 11) is -5.92. The molecule has 232 valence electrons. The number of hydrogen-bond donors (Lipinski definition) is 1. The third-order valence-electron chi connectivity index (χ3n) is 6.13. The zero-order valence-corrected chi connectivity index (χ0v) is 25.2. The average Bonchev–Trinajstić information content (AvgIpc) is 2.90. The summed E-state index contributed by atoms with van der Waals surface area (Å²) in [5.41, 5.74) is -6.97. The molecule has 0 bridgehead atoms. The van der Waals surface area contributed by atoms with Crippen molar-refractivity contribution >= 4 is 68.2 Å². The molecule has 1 unspecified atom stereocenters. The first-order chi connectivity index (χ1) is 20.1. The van der Waals surface area contributed by atoms with Crippen LogP contribution in [0.15, 0.2) is 48.5 Å². The summed E-state index contributed by atoms with van der Waals surface area (Å²) in [5, 5.41) is 13.0. The normalized spacial score (nSPS) is 16.2. The molecule has 0 saturated carbocycles. The van der Waals surface area contributed by atoms with E-state index in [2.05, 4.69) is 4.18 Å². The predicted molar refractivity (Wildman–Crippen MR) is 155 cm³/mol. The minimum Gasteiger partial charge on any atom is -0.508 e. The predicted octanol–water partition coefficient (Wildman–Crippen LogP) is 5.17. The highest BCUT2D eigenvalue weighted by Gasteiger charge is 2.52. The van der Waals surface area contributed by atoms with Crippen molar-refractivity contribution in [3.63, 3.8) is 0 Å². The van der Waals surface area contributed by atoms with Gasteiger partial charge in [0.2, 0.25) is 0 Å². The maximum absolute atomic E-state index is 12.7. The van der Waals surface area contributed by atoms with Gasteiger partial charge in [0.1, 0.15) is 11.4 Å². The van der Waals surface area contributed by atoms with Crippen LogP contribution in [0.5, 0.6) is 5.75 Å². The Morgan fingerprint density at radius 2 is 1.60 bits per heavy atom. The van der Waals surface area contributed by atoms with Crippen molar-refractivity contribution in [2.45, 2.75) is 44.2 Å². The molecule has 14 heteroatoms. The van der Waals surface area contributed by atoms with Crippen LogP contribution >= 0.6 is 23.2 Å². The summed E-state index contributed by atoms with van der Waals surface area (Å²) in [4.78, 5) is 23.3. The van der Waals surface area contributed by atoms with Crippen LogP contribution in [0.1, 0.15) is 32.3 Å². The summed E-state index contributed by atoms with van der Waals surface area (Å²) in [6, 6.07) is 13.2. The molecule has 0 spiro atoms. The van der Waals surface area contributed by atoms with Crippen molar-refractivity contribution in [3.05, 3.63) is 74.6 Å². The molecule has 3 aromatic carbocycles. The second-order valence-corrected chi connectivity index (χ2v) is 11.7. The number of ether oxygens (including phenoxy) is 2. The molecule has 0 heterocycles. The third-order valence-corrected chi connectivity index (χ3v) is 7.84. The number of rotatable bonds is 8. The summed E-state index contributed by atoms with van der Waals surface area (Å²) in [6.45, 7) is 3.61. The van der Waals surface area contributed by atoms with E-state index in [4.69, 9.17) is 32.7 Å². The molecule has 1 aliphatic carbocycles. The number of halogens is 5. The molecule has 1 N–H and O–H groups in total. The smallest absolute Gasteiger partial charge is 0.508 e. The number of carbonyl (C=O) groups excluding carboxylic acids is 2. The Labute approximate surface area is 255 Å². The number of fused-ring (bicyclic) bond motifs is 2. The number of aromatic hydroxyl groups is 1. The summed E-state index contributed by atoms with van der Waals surface area (Å²) < 4.78 is 75.3. The van der Waals surface area contributed by atoms with Gasteiger partial charge in [-0.15, -0.1) is 0 Å². The Morgan fingerprint density at radius 3 is 2.26 bits per heavy atom. The Kier molecular flexibility index (Phi) is 11.1. The van der Waals surface area contributed by atoms with E-state index in [1.165, 1.54) is 19.1 Å². The number of hydrogen-bond acceptors (Lipinski definition) is 8. The number of carbonyl (C=O) groups is 2. The van der Waals surface area contributed by atoms with Crippen LogP contribution in [-0.4, -0.2) is 49.8 Å². The molecule has 0 fully saturated rings. The van der Waals surface area contributed by atoms with E-state index in [0.717, 1.165) is 16.8 Å². The van der Waals surface area contributed by atoms with Crippen molar-refractivity contribution in [2.75, 3.05) is 13.2 Å². The first-order valence-electron chi connectivity index (χ1n) is 12.8. The SMILES string of the molecule is CCOC(=O)CC1(OS(=O)(=O)C(F)(F)F)C=c2cc(Cl)ccc2=CC1.CCOC(=O)Cc1c(Cl)ccc2ccc(O)cc12. The molecule has 4 rings (SSSR count). The van der Waals surface area contributed by atoms with Crippen LogP contribution in [0.4, 0.5) is 13.2 Å². The summed E-state index contributed by atoms with van der Waals surface area (Å²) in [6.07, 6.45) is 1.80. The van der Waals surface area contributed by atoms with Crippen LogP contribution < -0.4 is 10.4 Å². The third kappa shape index (κ3) is 8.85. The van der Waals surface area contributed by atoms with Gasteiger partial charge in [0, 0.05) is 16.5 Å². The molecule has 8 nitrogen and oxygen atoms in total. The quantitative estimate of drug-likeness (QED) is 0.200. The van der Waals surface area contributed by atoms with E-state index >= 15 is 0 Å². The lowest BCUT2D eigenvalue weighted by atomic mass is 9.90. The topological polar surface area (TPSA) is 116 Å².